The van der Waals surface area contributed by atoms with Gasteiger partial charge in [0, 0.05) is 5.69 Å². The normalized spacial score (nSPS) is 10.8. The lowest BCUT2D eigenvalue weighted by Gasteiger charge is -2.08. The Bertz CT molecular complexity index is 1130. The van der Waals surface area contributed by atoms with Gasteiger partial charge in [-0.3, -0.25) is 4.57 Å². The second-order valence-electron chi connectivity index (χ2n) is 6.15. The van der Waals surface area contributed by atoms with Crippen LogP contribution < -0.4 is 11.1 Å². The Morgan fingerprint density at radius 1 is 1.07 bits per heavy atom. The highest BCUT2D eigenvalue weighted by Gasteiger charge is 2.13. The average Bonchev–Trinajstić information content (AvgIpc) is 3.16. The van der Waals surface area contributed by atoms with E-state index in [0.717, 1.165) is 11.3 Å². The van der Waals surface area contributed by atoms with Crippen LogP contribution in [0.2, 0.25) is 0 Å². The summed E-state index contributed by atoms with van der Waals surface area (Å²) in [5.74, 6) is 0.944. The van der Waals surface area contributed by atoms with Crippen molar-refractivity contribution < 1.29 is 4.39 Å². The lowest BCUT2D eigenvalue weighted by atomic mass is 10.2. The number of hydrogen-bond donors (Lipinski definition) is 2. The number of thioether (sulfide) groups is 1. The SMILES string of the molecule is Cc1ccc(Nc2nc(N)nc(CSc3nncn3-c3ccccc3F)n2)cc1. The van der Waals surface area contributed by atoms with Gasteiger partial charge in [0.15, 0.2) is 5.16 Å². The number of aromatic nitrogens is 6. The highest BCUT2D eigenvalue weighted by atomic mass is 32.2. The fourth-order valence-corrected chi connectivity index (χ4v) is 3.37. The highest BCUT2D eigenvalue weighted by Crippen LogP contribution is 2.24. The number of aryl methyl sites for hydroxylation is 1. The Hall–Kier alpha value is -3.53. The minimum absolute atomic E-state index is 0.112. The van der Waals surface area contributed by atoms with Gasteiger partial charge in [-0.15, -0.1) is 10.2 Å². The highest BCUT2D eigenvalue weighted by molar-refractivity contribution is 7.98. The number of anilines is 3. The Balaban J connectivity index is 1.51. The molecule has 0 spiro atoms. The lowest BCUT2D eigenvalue weighted by molar-refractivity contribution is 0.613. The van der Waals surface area contributed by atoms with Crippen molar-refractivity contribution in [1.82, 2.24) is 29.7 Å². The molecule has 0 amide bonds. The third kappa shape index (κ3) is 4.49. The van der Waals surface area contributed by atoms with Crippen molar-refractivity contribution >= 4 is 29.3 Å². The zero-order valence-corrected chi connectivity index (χ0v) is 16.3. The Morgan fingerprint density at radius 2 is 1.86 bits per heavy atom. The van der Waals surface area contributed by atoms with Gasteiger partial charge in [0.1, 0.15) is 18.0 Å². The van der Waals surface area contributed by atoms with Crippen LogP contribution in [0.25, 0.3) is 5.69 Å². The molecular formula is C19H17FN8S. The van der Waals surface area contributed by atoms with E-state index in [1.807, 2.05) is 31.2 Å². The second-order valence-corrected chi connectivity index (χ2v) is 7.09. The van der Waals surface area contributed by atoms with Gasteiger partial charge in [-0.2, -0.15) is 15.0 Å². The molecule has 0 saturated carbocycles. The molecule has 29 heavy (non-hydrogen) atoms. The summed E-state index contributed by atoms with van der Waals surface area (Å²) in [5, 5.41) is 11.6. The van der Waals surface area contributed by atoms with Gasteiger partial charge >= 0.3 is 0 Å². The molecule has 146 valence electrons. The van der Waals surface area contributed by atoms with Crippen LogP contribution in [0, 0.1) is 12.7 Å². The molecule has 0 aliphatic heterocycles. The smallest absolute Gasteiger partial charge is 0.232 e. The van der Waals surface area contributed by atoms with Crippen molar-refractivity contribution in [2.24, 2.45) is 0 Å². The van der Waals surface area contributed by atoms with Crippen LogP contribution in [-0.2, 0) is 5.75 Å². The number of nitrogen functional groups attached to an aromatic ring is 1. The first-order chi connectivity index (χ1) is 14.1. The van der Waals surface area contributed by atoms with Crippen LogP contribution in [0.1, 0.15) is 11.4 Å². The summed E-state index contributed by atoms with van der Waals surface area (Å²) in [5.41, 5.74) is 8.21. The first kappa shape index (κ1) is 18.8. The molecule has 2 heterocycles. The lowest BCUT2D eigenvalue weighted by Crippen LogP contribution is -2.07. The number of halogens is 1. The Kier molecular flexibility index (Phi) is 5.34. The minimum Gasteiger partial charge on any atom is -0.368 e. The summed E-state index contributed by atoms with van der Waals surface area (Å²) in [6.45, 7) is 2.01. The summed E-state index contributed by atoms with van der Waals surface area (Å²) >= 11 is 1.32. The van der Waals surface area contributed by atoms with E-state index in [1.54, 1.807) is 22.8 Å². The maximum atomic E-state index is 14.1. The summed E-state index contributed by atoms with van der Waals surface area (Å²) in [4.78, 5) is 12.7. The Labute approximate surface area is 170 Å². The van der Waals surface area contributed by atoms with Crippen molar-refractivity contribution in [3.05, 3.63) is 72.1 Å². The van der Waals surface area contributed by atoms with E-state index in [1.165, 1.54) is 24.2 Å². The predicted octanol–water partition coefficient (Wildman–Crippen LogP) is 3.52. The van der Waals surface area contributed by atoms with Gasteiger partial charge in [-0.25, -0.2) is 4.39 Å². The van der Waals surface area contributed by atoms with Gasteiger partial charge in [0.05, 0.1) is 11.4 Å². The number of para-hydroxylation sites is 1. The van der Waals surface area contributed by atoms with E-state index in [2.05, 4.69) is 30.5 Å². The minimum atomic E-state index is -0.358. The monoisotopic (exact) mass is 408 g/mol. The van der Waals surface area contributed by atoms with E-state index < -0.39 is 0 Å². The third-order valence-electron chi connectivity index (χ3n) is 3.97. The molecule has 0 unspecified atom stereocenters. The first-order valence-corrected chi connectivity index (χ1v) is 9.69. The van der Waals surface area contributed by atoms with Crippen molar-refractivity contribution in [3.8, 4) is 5.69 Å². The van der Waals surface area contributed by atoms with Crippen molar-refractivity contribution in [1.29, 1.82) is 0 Å². The summed E-state index contributed by atoms with van der Waals surface area (Å²) in [7, 11) is 0. The molecule has 0 bridgehead atoms. The van der Waals surface area contributed by atoms with Crippen LogP contribution in [0.5, 0.6) is 0 Å². The maximum absolute atomic E-state index is 14.1. The zero-order valence-electron chi connectivity index (χ0n) is 15.5. The standard InChI is InChI=1S/C19H17FN8S/c1-12-6-8-13(9-7-12)23-18-25-16(24-17(21)26-18)10-29-19-27-22-11-28(19)15-5-3-2-4-14(15)20/h2-9,11H,10H2,1H3,(H3,21,23,24,25,26). The summed E-state index contributed by atoms with van der Waals surface area (Å²) in [6.07, 6.45) is 1.47. The fraction of sp³-hybridized carbons (Fsp3) is 0.105. The first-order valence-electron chi connectivity index (χ1n) is 8.70. The third-order valence-corrected chi connectivity index (χ3v) is 4.90. The van der Waals surface area contributed by atoms with Crippen LogP contribution in [0.4, 0.5) is 22.0 Å². The molecule has 4 rings (SSSR count). The molecule has 0 atom stereocenters. The largest absolute Gasteiger partial charge is 0.368 e. The number of nitrogens with one attached hydrogen (secondary N) is 1. The molecule has 0 saturated heterocycles. The van der Waals surface area contributed by atoms with Crippen LogP contribution in [0.15, 0.2) is 60.0 Å². The Morgan fingerprint density at radius 3 is 2.66 bits per heavy atom. The number of rotatable bonds is 6. The van der Waals surface area contributed by atoms with Crippen molar-refractivity contribution in [2.45, 2.75) is 17.8 Å². The predicted molar refractivity (Wildman–Crippen MR) is 110 cm³/mol. The van der Waals surface area contributed by atoms with Gasteiger partial charge in [0.2, 0.25) is 11.9 Å². The quantitative estimate of drug-likeness (QED) is 0.467. The molecule has 10 heteroatoms. The molecule has 8 nitrogen and oxygen atoms in total. The van der Waals surface area contributed by atoms with E-state index in [4.69, 9.17) is 5.73 Å². The molecule has 0 radical (unpaired) electrons. The molecule has 0 aliphatic rings. The number of hydrogen-bond acceptors (Lipinski definition) is 8. The number of nitrogens with two attached hydrogens (primary N) is 1. The molecule has 2 aromatic carbocycles. The maximum Gasteiger partial charge on any atom is 0.232 e. The van der Waals surface area contributed by atoms with E-state index >= 15 is 0 Å². The topological polar surface area (TPSA) is 107 Å². The van der Waals surface area contributed by atoms with Gasteiger partial charge in [-0.05, 0) is 31.2 Å². The van der Waals surface area contributed by atoms with Crippen LogP contribution in [-0.4, -0.2) is 29.7 Å². The molecule has 2 aromatic heterocycles. The van der Waals surface area contributed by atoms with E-state index in [9.17, 15) is 4.39 Å². The van der Waals surface area contributed by atoms with Crippen molar-refractivity contribution in [2.75, 3.05) is 11.1 Å². The van der Waals surface area contributed by atoms with Gasteiger partial charge < -0.3 is 11.1 Å². The van der Waals surface area contributed by atoms with E-state index in [0.29, 0.717) is 28.4 Å². The summed E-state index contributed by atoms with van der Waals surface area (Å²) in [6, 6.07) is 14.3. The molecule has 4 aromatic rings. The molecular weight excluding hydrogens is 391 g/mol. The number of benzene rings is 2. The molecule has 3 N–H and O–H groups in total. The van der Waals surface area contributed by atoms with Crippen molar-refractivity contribution in [3.63, 3.8) is 0 Å². The van der Waals surface area contributed by atoms with Crippen LogP contribution >= 0.6 is 11.8 Å². The average molecular weight is 408 g/mol. The summed E-state index contributed by atoms with van der Waals surface area (Å²) < 4.78 is 15.7. The van der Waals surface area contributed by atoms with E-state index in [-0.39, 0.29) is 11.8 Å². The second kappa shape index (κ2) is 8.23. The zero-order chi connectivity index (χ0) is 20.2. The van der Waals surface area contributed by atoms with Crippen LogP contribution in [0.3, 0.4) is 0 Å². The molecule has 0 fully saturated rings. The number of nitrogens with zero attached hydrogens (tertiary/aromatic N) is 6. The molecule has 0 aliphatic carbocycles. The van der Waals surface area contributed by atoms with Gasteiger partial charge in [-0.1, -0.05) is 41.6 Å². The van der Waals surface area contributed by atoms with Gasteiger partial charge in [0.25, 0.3) is 0 Å². The fourth-order valence-electron chi connectivity index (χ4n) is 2.59.